The van der Waals surface area contributed by atoms with Crippen molar-refractivity contribution in [1.29, 1.82) is 0 Å². The molecule has 1 aromatic rings. The zero-order valence-corrected chi connectivity index (χ0v) is 11.3. The summed E-state index contributed by atoms with van der Waals surface area (Å²) < 4.78 is 21.9. The Morgan fingerprint density at radius 2 is 2.16 bits per heavy atom. The maximum Gasteiger partial charge on any atom is 0.251 e. The molecule has 102 valence electrons. The molecule has 0 saturated carbocycles. The molecule has 0 radical (unpaired) electrons. The zero-order valence-electron chi connectivity index (χ0n) is 10.5. The summed E-state index contributed by atoms with van der Waals surface area (Å²) in [5.41, 5.74) is 1.02. The van der Waals surface area contributed by atoms with Crippen molar-refractivity contribution < 1.29 is 18.3 Å². The second-order valence-electron chi connectivity index (χ2n) is 3.93. The van der Waals surface area contributed by atoms with E-state index in [9.17, 15) is 13.2 Å². The van der Waals surface area contributed by atoms with E-state index in [2.05, 4.69) is 17.2 Å². The summed E-state index contributed by atoms with van der Waals surface area (Å²) >= 11 is 0. The molecule has 0 unspecified atom stereocenters. The number of rotatable bonds is 4. The molecule has 0 aliphatic heterocycles. The first-order valence-corrected chi connectivity index (χ1v) is 7.64. The Balaban J connectivity index is 2.67. The van der Waals surface area contributed by atoms with E-state index in [4.69, 9.17) is 5.11 Å². The van der Waals surface area contributed by atoms with Crippen LogP contribution >= 0.6 is 0 Å². The minimum Gasteiger partial charge on any atom is -0.384 e. The van der Waals surface area contributed by atoms with Gasteiger partial charge in [0.1, 0.15) is 16.4 Å². The maximum atomic E-state index is 11.8. The number of benzene rings is 1. The van der Waals surface area contributed by atoms with Crippen molar-refractivity contribution in [3.63, 3.8) is 0 Å². The molecule has 1 amide bonds. The van der Waals surface area contributed by atoms with Gasteiger partial charge in [-0.3, -0.25) is 4.79 Å². The predicted molar refractivity (Wildman–Crippen MR) is 72.4 cm³/mol. The summed E-state index contributed by atoms with van der Waals surface area (Å²) in [5, 5.41) is 11.1. The van der Waals surface area contributed by atoms with Crippen LogP contribution in [0, 0.1) is 11.8 Å². The molecule has 0 aliphatic rings. The third-order valence-corrected chi connectivity index (χ3v) is 3.14. The fourth-order valence-corrected chi connectivity index (χ4v) is 1.80. The lowest BCUT2D eigenvalue weighted by molar-refractivity contribution is 0.0956. The fourth-order valence-electron chi connectivity index (χ4n) is 1.33. The van der Waals surface area contributed by atoms with Gasteiger partial charge in [-0.25, -0.2) is 8.42 Å². The number of aliphatic hydroxyl groups excluding tert-OH is 1. The number of carbonyl (C=O) groups excluding carboxylic acids is 1. The first kappa shape index (κ1) is 15.2. The minimum absolute atomic E-state index is 0.0736. The van der Waals surface area contributed by atoms with E-state index >= 15 is 0 Å². The third-order valence-electron chi connectivity index (χ3n) is 2.19. The largest absolute Gasteiger partial charge is 0.384 e. The van der Waals surface area contributed by atoms with E-state index in [0.717, 1.165) is 6.26 Å². The van der Waals surface area contributed by atoms with E-state index in [1.807, 2.05) is 0 Å². The summed E-state index contributed by atoms with van der Waals surface area (Å²) in [4.78, 5) is 11.8. The van der Waals surface area contributed by atoms with Gasteiger partial charge in [0.2, 0.25) is 0 Å². The Kier molecular flexibility index (Phi) is 5.55. The zero-order chi connectivity index (χ0) is 14.3. The molecule has 6 heteroatoms. The van der Waals surface area contributed by atoms with E-state index < -0.39 is 9.84 Å². The lowest BCUT2D eigenvalue weighted by atomic mass is 10.1. The van der Waals surface area contributed by atoms with Crippen molar-refractivity contribution in [2.75, 3.05) is 25.2 Å². The average Bonchev–Trinajstić information content (AvgIpc) is 2.35. The highest BCUT2D eigenvalue weighted by Crippen LogP contribution is 2.04. The number of carbonyl (C=O) groups is 1. The van der Waals surface area contributed by atoms with Gasteiger partial charge in [0.05, 0.1) is 5.75 Å². The van der Waals surface area contributed by atoms with Gasteiger partial charge in [-0.15, -0.1) is 0 Å². The highest BCUT2D eigenvalue weighted by Gasteiger charge is 2.07. The van der Waals surface area contributed by atoms with Gasteiger partial charge in [-0.2, -0.15) is 0 Å². The van der Waals surface area contributed by atoms with Gasteiger partial charge in [0.15, 0.2) is 0 Å². The lowest BCUT2D eigenvalue weighted by Gasteiger charge is -2.04. The lowest BCUT2D eigenvalue weighted by Crippen LogP contribution is -2.28. The molecule has 0 aliphatic carbocycles. The van der Waals surface area contributed by atoms with Crippen LogP contribution in [0.3, 0.4) is 0 Å². The van der Waals surface area contributed by atoms with Crippen molar-refractivity contribution in [3.05, 3.63) is 35.4 Å². The first-order chi connectivity index (χ1) is 8.92. The monoisotopic (exact) mass is 281 g/mol. The molecule has 5 nitrogen and oxygen atoms in total. The number of hydrogen-bond acceptors (Lipinski definition) is 4. The molecule has 0 saturated heterocycles. The summed E-state index contributed by atoms with van der Waals surface area (Å²) in [7, 11) is -3.09. The molecule has 0 bridgehead atoms. The van der Waals surface area contributed by atoms with Gasteiger partial charge in [0, 0.05) is 23.9 Å². The highest BCUT2D eigenvalue weighted by molar-refractivity contribution is 7.90. The van der Waals surface area contributed by atoms with Crippen LogP contribution in [0.25, 0.3) is 0 Å². The second kappa shape index (κ2) is 6.92. The van der Waals surface area contributed by atoms with Crippen LogP contribution in [0.4, 0.5) is 0 Å². The van der Waals surface area contributed by atoms with Gasteiger partial charge < -0.3 is 10.4 Å². The van der Waals surface area contributed by atoms with E-state index in [0.29, 0.717) is 11.1 Å². The van der Waals surface area contributed by atoms with Crippen molar-refractivity contribution >= 4 is 15.7 Å². The van der Waals surface area contributed by atoms with Crippen LogP contribution < -0.4 is 5.32 Å². The molecule has 0 atom stereocenters. The van der Waals surface area contributed by atoms with Crippen LogP contribution in [0.1, 0.15) is 15.9 Å². The van der Waals surface area contributed by atoms with Crippen LogP contribution in [-0.2, 0) is 9.84 Å². The fraction of sp³-hybridized carbons (Fsp3) is 0.308. The van der Waals surface area contributed by atoms with Crippen molar-refractivity contribution in [1.82, 2.24) is 5.32 Å². The summed E-state index contributed by atoms with van der Waals surface area (Å²) in [5.74, 6) is 4.74. The molecular formula is C13H15NO4S. The van der Waals surface area contributed by atoms with Gasteiger partial charge in [-0.05, 0) is 18.2 Å². The van der Waals surface area contributed by atoms with Gasteiger partial charge in [-0.1, -0.05) is 17.9 Å². The number of hydrogen-bond donors (Lipinski definition) is 2. The Morgan fingerprint density at radius 1 is 1.42 bits per heavy atom. The molecule has 1 aromatic carbocycles. The topological polar surface area (TPSA) is 83.5 Å². The molecule has 1 rings (SSSR count). The molecule has 0 aromatic heterocycles. The first-order valence-electron chi connectivity index (χ1n) is 5.58. The number of amides is 1. The summed E-state index contributed by atoms with van der Waals surface area (Å²) in [6.07, 6.45) is 1.12. The van der Waals surface area contributed by atoms with Crippen LogP contribution in [0.5, 0.6) is 0 Å². The average molecular weight is 281 g/mol. The summed E-state index contributed by atoms with van der Waals surface area (Å²) in [6, 6.07) is 6.58. The SMILES string of the molecule is CS(=O)(=O)CCNC(=O)c1cccc(C#CCO)c1. The Labute approximate surface area is 112 Å². The normalized spacial score (nSPS) is 10.4. The second-order valence-corrected chi connectivity index (χ2v) is 6.19. The van der Waals surface area contributed by atoms with Gasteiger partial charge >= 0.3 is 0 Å². The smallest absolute Gasteiger partial charge is 0.251 e. The van der Waals surface area contributed by atoms with E-state index in [1.165, 1.54) is 0 Å². The van der Waals surface area contributed by atoms with Crippen molar-refractivity contribution in [2.24, 2.45) is 0 Å². The van der Waals surface area contributed by atoms with Gasteiger partial charge in [0.25, 0.3) is 5.91 Å². The molecule has 0 spiro atoms. The minimum atomic E-state index is -3.09. The maximum absolute atomic E-state index is 11.8. The van der Waals surface area contributed by atoms with E-state index in [-0.39, 0.29) is 24.8 Å². The molecule has 0 heterocycles. The van der Waals surface area contributed by atoms with Crippen LogP contribution in [-0.4, -0.2) is 44.6 Å². The van der Waals surface area contributed by atoms with Crippen LogP contribution in [0.15, 0.2) is 24.3 Å². The molecular weight excluding hydrogens is 266 g/mol. The third kappa shape index (κ3) is 6.04. The molecule has 2 N–H and O–H groups in total. The Hall–Kier alpha value is -1.84. The number of sulfone groups is 1. The van der Waals surface area contributed by atoms with Crippen molar-refractivity contribution in [2.45, 2.75) is 0 Å². The quantitative estimate of drug-likeness (QED) is 0.749. The standard InChI is InChI=1S/C13H15NO4S/c1-19(17,18)9-7-14-13(16)12-6-2-4-11(10-12)5-3-8-15/h2,4,6,10,15H,7-9H2,1H3,(H,14,16). The number of aliphatic hydroxyl groups is 1. The highest BCUT2D eigenvalue weighted by atomic mass is 32.2. The summed E-state index contributed by atoms with van der Waals surface area (Å²) in [6.45, 7) is -0.172. The van der Waals surface area contributed by atoms with E-state index in [1.54, 1.807) is 24.3 Å². The predicted octanol–water partition coefficient (Wildman–Crippen LogP) is -0.195. The van der Waals surface area contributed by atoms with Crippen molar-refractivity contribution in [3.8, 4) is 11.8 Å². The Bertz CT molecular complexity index is 611. The Morgan fingerprint density at radius 3 is 2.79 bits per heavy atom. The molecule has 0 fully saturated rings. The number of nitrogens with one attached hydrogen (secondary N) is 1. The molecule has 19 heavy (non-hydrogen) atoms. The van der Waals surface area contributed by atoms with Crippen LogP contribution in [0.2, 0.25) is 0 Å².